The summed E-state index contributed by atoms with van der Waals surface area (Å²) in [6.45, 7) is 5.04. The number of sulfone groups is 1. The van der Waals surface area contributed by atoms with Gasteiger partial charge in [0.2, 0.25) is 0 Å². The number of fused-ring (bicyclic) bond motifs is 2. The average Bonchev–Trinajstić information content (AvgIpc) is 3.35. The highest BCUT2D eigenvalue weighted by molar-refractivity contribution is 7.92. The van der Waals surface area contributed by atoms with Gasteiger partial charge in [0.25, 0.3) is 0 Å². The Hall–Kier alpha value is -3.64. The topological polar surface area (TPSA) is 69.7 Å². The lowest BCUT2D eigenvalue weighted by molar-refractivity contribution is -0.115. The number of rotatable bonds is 6. The van der Waals surface area contributed by atoms with Crippen molar-refractivity contribution in [3.05, 3.63) is 101 Å². The molecule has 0 amide bonds. The molecule has 5 nitrogen and oxygen atoms in total. The minimum absolute atomic E-state index is 0.122. The largest absolute Gasteiger partial charge is 0.493 e. The first-order chi connectivity index (χ1) is 20.6. The molecular formula is C37H42O5S. The molecular weight excluding hydrogens is 556 g/mol. The second kappa shape index (κ2) is 12.9. The summed E-state index contributed by atoms with van der Waals surface area (Å²) >= 11 is 0. The van der Waals surface area contributed by atoms with Crippen molar-refractivity contribution in [2.24, 2.45) is 5.92 Å². The lowest BCUT2D eigenvalue weighted by Crippen LogP contribution is -2.34. The van der Waals surface area contributed by atoms with Gasteiger partial charge in [0, 0.05) is 11.8 Å². The van der Waals surface area contributed by atoms with E-state index in [2.05, 4.69) is 36.4 Å². The normalized spacial score (nSPS) is 20.2. The average molecular weight is 599 g/mol. The predicted molar refractivity (Wildman–Crippen MR) is 173 cm³/mol. The molecule has 1 fully saturated rings. The summed E-state index contributed by atoms with van der Waals surface area (Å²) in [6.07, 6.45) is 5.58. The minimum Gasteiger partial charge on any atom is -0.493 e. The number of carbonyl (C=O) groups excluding carboxylic acids is 1. The van der Waals surface area contributed by atoms with E-state index >= 15 is 0 Å². The Balaban J connectivity index is 0.000000868. The molecule has 6 rings (SSSR count). The number of carbonyl (C=O) groups is 1. The second-order valence-electron chi connectivity index (χ2n) is 12.1. The van der Waals surface area contributed by atoms with Crippen molar-refractivity contribution in [2.45, 2.75) is 74.9 Å². The summed E-state index contributed by atoms with van der Waals surface area (Å²) in [5.41, 5.74) is 4.21. The summed E-state index contributed by atoms with van der Waals surface area (Å²) in [5.74, 6) is 1.32. The maximum Gasteiger partial charge on any atom is 0.182 e. The van der Waals surface area contributed by atoms with Crippen LogP contribution in [0.25, 0.3) is 10.8 Å². The van der Waals surface area contributed by atoms with Crippen LogP contribution in [0.15, 0.2) is 83.8 Å². The van der Waals surface area contributed by atoms with E-state index < -0.39 is 15.1 Å². The molecule has 3 atom stereocenters. The Labute approximate surface area is 256 Å². The summed E-state index contributed by atoms with van der Waals surface area (Å²) < 4.78 is 41.0. The van der Waals surface area contributed by atoms with Gasteiger partial charge < -0.3 is 14.3 Å². The second-order valence-corrected chi connectivity index (χ2v) is 14.2. The SMILES string of the molecule is CC(C)=O.COc1cc2c(cc1OC)[C@@H](C1CCCCC1)[C@H](S(=O)(=O)c1ccc(C)cc1)[C@H]2c1ccc2ccccc2c1. The maximum absolute atomic E-state index is 14.8. The third-order valence-electron chi connectivity index (χ3n) is 8.96. The van der Waals surface area contributed by atoms with Crippen molar-refractivity contribution >= 4 is 26.4 Å². The van der Waals surface area contributed by atoms with Crippen LogP contribution in [0.3, 0.4) is 0 Å². The fourth-order valence-corrected chi connectivity index (χ4v) is 9.32. The quantitative estimate of drug-likeness (QED) is 0.223. The van der Waals surface area contributed by atoms with Gasteiger partial charge in [0.15, 0.2) is 21.3 Å². The third-order valence-corrected chi connectivity index (χ3v) is 11.2. The highest BCUT2D eigenvalue weighted by atomic mass is 32.2. The molecule has 4 aromatic carbocycles. The number of benzene rings is 4. The van der Waals surface area contributed by atoms with E-state index in [1.54, 1.807) is 26.4 Å². The number of hydrogen-bond acceptors (Lipinski definition) is 5. The summed E-state index contributed by atoms with van der Waals surface area (Å²) in [6, 6.07) is 26.2. The highest BCUT2D eigenvalue weighted by Crippen LogP contribution is 2.57. The van der Waals surface area contributed by atoms with Crippen LogP contribution in [-0.4, -0.2) is 33.7 Å². The van der Waals surface area contributed by atoms with E-state index in [9.17, 15) is 13.2 Å². The van der Waals surface area contributed by atoms with E-state index in [4.69, 9.17) is 9.47 Å². The van der Waals surface area contributed by atoms with Gasteiger partial charge in [-0.3, -0.25) is 0 Å². The van der Waals surface area contributed by atoms with E-state index in [0.29, 0.717) is 22.3 Å². The van der Waals surface area contributed by atoms with Crippen molar-refractivity contribution in [3.8, 4) is 11.5 Å². The fourth-order valence-electron chi connectivity index (χ4n) is 7.07. The highest BCUT2D eigenvalue weighted by Gasteiger charge is 2.52. The van der Waals surface area contributed by atoms with Crippen molar-refractivity contribution in [1.29, 1.82) is 0 Å². The lowest BCUT2D eigenvalue weighted by Gasteiger charge is -2.34. The molecule has 4 aromatic rings. The van der Waals surface area contributed by atoms with E-state index in [1.165, 1.54) is 20.3 Å². The van der Waals surface area contributed by atoms with E-state index in [0.717, 1.165) is 58.7 Å². The van der Waals surface area contributed by atoms with Crippen LogP contribution < -0.4 is 9.47 Å². The third kappa shape index (κ3) is 6.21. The van der Waals surface area contributed by atoms with E-state index in [1.807, 2.05) is 37.3 Å². The number of ketones is 1. The molecule has 2 aliphatic carbocycles. The number of methoxy groups -OCH3 is 2. The van der Waals surface area contributed by atoms with Gasteiger partial charge in [-0.25, -0.2) is 8.42 Å². The summed E-state index contributed by atoms with van der Waals surface area (Å²) in [5, 5.41) is 1.65. The van der Waals surface area contributed by atoms with Gasteiger partial charge in [0.1, 0.15) is 5.78 Å². The van der Waals surface area contributed by atoms with Crippen LogP contribution in [0.1, 0.15) is 80.0 Å². The molecule has 6 heteroatoms. The molecule has 0 saturated heterocycles. The summed E-state index contributed by atoms with van der Waals surface area (Å²) in [7, 11) is -0.402. The zero-order valence-corrected chi connectivity index (χ0v) is 26.6. The van der Waals surface area contributed by atoms with Crippen LogP contribution in [0.5, 0.6) is 11.5 Å². The minimum atomic E-state index is -3.69. The molecule has 226 valence electrons. The maximum atomic E-state index is 14.8. The number of Topliss-reactive ketones (excluding diaryl/α,β-unsaturated/α-hetero) is 1. The van der Waals surface area contributed by atoms with Crippen molar-refractivity contribution in [3.63, 3.8) is 0 Å². The molecule has 0 heterocycles. The van der Waals surface area contributed by atoms with Gasteiger partial charge in [-0.05, 0) is 91.3 Å². The lowest BCUT2D eigenvalue weighted by atomic mass is 9.76. The molecule has 0 aliphatic heterocycles. The summed E-state index contributed by atoms with van der Waals surface area (Å²) in [4.78, 5) is 9.84. The zero-order valence-electron chi connectivity index (χ0n) is 25.8. The van der Waals surface area contributed by atoms with Crippen LogP contribution in [0.4, 0.5) is 0 Å². The Morgan fingerprint density at radius 3 is 1.93 bits per heavy atom. The van der Waals surface area contributed by atoms with Crippen molar-refractivity contribution < 1.29 is 22.7 Å². The van der Waals surface area contributed by atoms with E-state index in [-0.39, 0.29) is 17.6 Å². The molecule has 0 bridgehead atoms. The van der Waals surface area contributed by atoms with Gasteiger partial charge in [-0.2, -0.15) is 0 Å². The fraction of sp³-hybridized carbons (Fsp3) is 0.378. The Kier molecular flexibility index (Phi) is 9.26. The molecule has 1 saturated carbocycles. The Morgan fingerprint density at radius 2 is 1.33 bits per heavy atom. The number of aryl methyl sites for hydroxylation is 1. The number of ether oxygens (including phenoxy) is 2. The van der Waals surface area contributed by atoms with Gasteiger partial charge in [-0.15, -0.1) is 0 Å². The van der Waals surface area contributed by atoms with Gasteiger partial charge in [0.05, 0.1) is 24.4 Å². The number of hydrogen-bond donors (Lipinski definition) is 0. The van der Waals surface area contributed by atoms with Crippen LogP contribution in [-0.2, 0) is 14.6 Å². The molecule has 43 heavy (non-hydrogen) atoms. The molecule has 2 aliphatic rings. The van der Waals surface area contributed by atoms with Crippen LogP contribution in [0.2, 0.25) is 0 Å². The van der Waals surface area contributed by atoms with Crippen molar-refractivity contribution in [2.75, 3.05) is 14.2 Å². The smallest absolute Gasteiger partial charge is 0.182 e. The Morgan fingerprint density at radius 1 is 0.744 bits per heavy atom. The Bertz CT molecular complexity index is 1700. The molecule has 0 radical (unpaired) electrons. The van der Waals surface area contributed by atoms with Crippen molar-refractivity contribution in [1.82, 2.24) is 0 Å². The zero-order chi connectivity index (χ0) is 30.7. The monoisotopic (exact) mass is 598 g/mol. The van der Waals surface area contributed by atoms with Crippen LogP contribution >= 0.6 is 0 Å². The molecule has 0 unspecified atom stereocenters. The first-order valence-electron chi connectivity index (χ1n) is 15.2. The van der Waals surface area contributed by atoms with Gasteiger partial charge in [-0.1, -0.05) is 79.4 Å². The standard InChI is InChI=1S/C34H36O4S.C3H6O/c1-22-13-17-27(18-14-22)39(35,36)34-32(24-10-5-4-6-11-24)28-20-30(37-2)31(38-3)21-29(28)33(34)26-16-15-23-9-7-8-12-25(23)19-26;1-3(2)4/h7-9,12-21,24,32-34H,4-6,10-11H2,1-3H3;1-2H3/t32-,33+,34+;/m1./s1. The first-order valence-corrected chi connectivity index (χ1v) is 16.7. The first kappa shape index (κ1) is 30.8. The van der Waals surface area contributed by atoms with Gasteiger partial charge >= 0.3 is 0 Å². The molecule has 0 spiro atoms. The predicted octanol–water partition coefficient (Wildman–Crippen LogP) is 8.41. The molecule has 0 N–H and O–H groups in total. The van der Waals surface area contributed by atoms with Crippen LogP contribution in [0, 0.1) is 12.8 Å². The molecule has 0 aromatic heterocycles.